The van der Waals surface area contributed by atoms with Gasteiger partial charge in [-0.25, -0.2) is 13.6 Å². The molecular formula is C20H29BF2N2O4. The second-order valence-corrected chi connectivity index (χ2v) is 9.06. The smallest absolute Gasteiger partial charge is 0.444 e. The van der Waals surface area contributed by atoms with E-state index in [4.69, 9.17) is 19.8 Å². The second kappa shape index (κ2) is 7.95. The van der Waals surface area contributed by atoms with E-state index in [-0.39, 0.29) is 17.8 Å². The Morgan fingerprint density at radius 2 is 1.66 bits per heavy atom. The number of amides is 1. The number of carbonyl (C=O) groups is 1. The first-order valence-electron chi connectivity index (χ1n) is 9.39. The first kappa shape index (κ1) is 23.2. The highest BCUT2D eigenvalue weighted by atomic mass is 19.1. The Morgan fingerprint density at radius 1 is 1.17 bits per heavy atom. The molecule has 0 saturated carbocycles. The summed E-state index contributed by atoms with van der Waals surface area (Å²) in [6.07, 6.45) is 0.599. The van der Waals surface area contributed by atoms with Gasteiger partial charge in [-0.3, -0.25) is 0 Å². The molecule has 0 aliphatic carbocycles. The zero-order valence-electron chi connectivity index (χ0n) is 18.0. The summed E-state index contributed by atoms with van der Waals surface area (Å²) in [6, 6.07) is 2.05. The molecule has 1 saturated heterocycles. The van der Waals surface area contributed by atoms with Gasteiger partial charge in [0.2, 0.25) is 0 Å². The van der Waals surface area contributed by atoms with Crippen LogP contribution in [0.25, 0.3) is 6.08 Å². The Hall–Kier alpha value is -2.13. The lowest BCUT2D eigenvalue weighted by Gasteiger charge is -2.32. The lowest BCUT2D eigenvalue weighted by molar-refractivity contribution is 0.00578. The molecule has 0 aromatic heterocycles. The van der Waals surface area contributed by atoms with E-state index < -0.39 is 41.6 Å². The third-order valence-electron chi connectivity index (χ3n) is 4.82. The van der Waals surface area contributed by atoms with E-state index in [1.54, 1.807) is 20.8 Å². The van der Waals surface area contributed by atoms with E-state index in [1.165, 1.54) is 6.08 Å². The van der Waals surface area contributed by atoms with Gasteiger partial charge in [0.1, 0.15) is 17.2 Å². The molecule has 0 bridgehead atoms. The number of anilines is 1. The van der Waals surface area contributed by atoms with Crippen molar-refractivity contribution in [1.82, 2.24) is 5.32 Å². The Labute approximate surface area is 170 Å². The average molecular weight is 410 g/mol. The van der Waals surface area contributed by atoms with Crippen LogP contribution < -0.4 is 11.1 Å². The Kier molecular flexibility index (Phi) is 6.35. The Balaban J connectivity index is 2.36. The summed E-state index contributed by atoms with van der Waals surface area (Å²) >= 11 is 0. The van der Waals surface area contributed by atoms with Crippen LogP contribution in [-0.2, 0) is 14.0 Å². The van der Waals surface area contributed by atoms with Gasteiger partial charge >= 0.3 is 13.2 Å². The molecule has 0 unspecified atom stereocenters. The molecule has 0 spiro atoms. The van der Waals surface area contributed by atoms with Crippen LogP contribution in [0.5, 0.6) is 0 Å². The van der Waals surface area contributed by atoms with E-state index >= 15 is 0 Å². The van der Waals surface area contributed by atoms with E-state index in [1.807, 2.05) is 27.7 Å². The highest BCUT2D eigenvalue weighted by molar-refractivity contribution is 6.56. The maximum absolute atomic E-state index is 14.3. The van der Waals surface area contributed by atoms with Crippen LogP contribution in [-0.4, -0.2) is 36.6 Å². The summed E-state index contributed by atoms with van der Waals surface area (Å²) < 4.78 is 45.8. The molecule has 0 atom stereocenters. The topological polar surface area (TPSA) is 82.8 Å². The summed E-state index contributed by atoms with van der Waals surface area (Å²) in [5.74, 6) is -1.65. The summed E-state index contributed by atoms with van der Waals surface area (Å²) in [6.45, 7) is 12.5. The normalized spacial score (nSPS) is 18.7. The molecule has 3 N–H and O–H groups in total. The van der Waals surface area contributed by atoms with E-state index in [9.17, 15) is 13.6 Å². The van der Waals surface area contributed by atoms with E-state index in [2.05, 4.69) is 5.32 Å². The minimum Gasteiger partial charge on any atom is -0.444 e. The molecule has 6 nitrogen and oxygen atoms in total. The number of rotatable bonds is 4. The minimum atomic E-state index is -0.911. The lowest BCUT2D eigenvalue weighted by Crippen LogP contribution is -2.41. The average Bonchev–Trinajstić information content (AvgIpc) is 2.71. The van der Waals surface area contributed by atoms with Crippen molar-refractivity contribution >= 4 is 25.0 Å². The monoisotopic (exact) mass is 410 g/mol. The minimum absolute atomic E-state index is 0.0267. The highest BCUT2D eigenvalue weighted by Gasteiger charge is 2.52. The molecule has 1 fully saturated rings. The predicted octanol–water partition coefficient (Wildman–Crippen LogP) is 4.09. The number of nitrogen functional groups attached to an aromatic ring is 1. The molecule has 160 valence electrons. The second-order valence-electron chi connectivity index (χ2n) is 9.06. The first-order chi connectivity index (χ1) is 13.1. The van der Waals surface area contributed by atoms with Crippen LogP contribution in [0.1, 0.15) is 54.0 Å². The van der Waals surface area contributed by atoms with Crippen molar-refractivity contribution < 1.29 is 27.6 Å². The molecule has 1 amide bonds. The summed E-state index contributed by atoms with van der Waals surface area (Å²) in [4.78, 5) is 12.1. The molecule has 1 heterocycles. The van der Waals surface area contributed by atoms with Crippen molar-refractivity contribution in [2.24, 2.45) is 0 Å². The third kappa shape index (κ3) is 5.70. The molecule has 1 aliphatic heterocycles. The molecule has 1 aromatic carbocycles. The van der Waals surface area contributed by atoms with Gasteiger partial charge in [0.15, 0.2) is 0 Å². The molecule has 1 aromatic rings. The van der Waals surface area contributed by atoms with Gasteiger partial charge in [0, 0.05) is 17.8 Å². The Morgan fingerprint density at radius 3 is 2.10 bits per heavy atom. The lowest BCUT2D eigenvalue weighted by atomic mass is 9.77. The number of benzene rings is 1. The zero-order valence-corrected chi connectivity index (χ0v) is 18.0. The van der Waals surface area contributed by atoms with Gasteiger partial charge in [0.05, 0.1) is 11.2 Å². The van der Waals surface area contributed by atoms with Gasteiger partial charge in [0.25, 0.3) is 0 Å². The number of hydrogen-bond acceptors (Lipinski definition) is 5. The van der Waals surface area contributed by atoms with Crippen molar-refractivity contribution in [1.29, 1.82) is 0 Å². The van der Waals surface area contributed by atoms with Gasteiger partial charge in [-0.1, -0.05) is 6.08 Å². The number of nitrogens with one attached hydrogen (secondary N) is 1. The van der Waals surface area contributed by atoms with Gasteiger partial charge in [-0.2, -0.15) is 0 Å². The van der Waals surface area contributed by atoms with Crippen molar-refractivity contribution in [2.45, 2.75) is 65.3 Å². The zero-order chi connectivity index (χ0) is 22.2. The molecule has 9 heteroatoms. The molecule has 2 rings (SSSR count). The fourth-order valence-electron chi connectivity index (χ4n) is 2.61. The number of hydrogen-bond donors (Lipinski definition) is 2. The fraction of sp³-hybridized carbons (Fsp3) is 0.550. The molecular weight excluding hydrogens is 381 g/mol. The first-order valence-corrected chi connectivity index (χ1v) is 9.39. The maximum atomic E-state index is 14.3. The number of halogens is 2. The van der Waals surface area contributed by atoms with Crippen molar-refractivity contribution in [3.05, 3.63) is 34.8 Å². The van der Waals surface area contributed by atoms with Crippen LogP contribution in [0.4, 0.5) is 19.3 Å². The quantitative estimate of drug-likeness (QED) is 0.577. The largest absolute Gasteiger partial charge is 0.492 e. The standard InChI is InChI=1S/C20H29BF2N2O4/c1-18(2,3)27-17(26)25-11-12(21-28-19(4,5)20(6,7)29-21)8-14-15(22)9-13(24)10-16(14)23/h8-10H,11,24H2,1-7H3,(H,25,26). The summed E-state index contributed by atoms with van der Waals surface area (Å²) in [7, 11) is -0.911. The van der Waals surface area contributed by atoms with Gasteiger partial charge < -0.3 is 25.1 Å². The van der Waals surface area contributed by atoms with Crippen LogP contribution >= 0.6 is 0 Å². The molecule has 0 radical (unpaired) electrons. The van der Waals surface area contributed by atoms with Crippen LogP contribution in [0.15, 0.2) is 17.6 Å². The summed E-state index contributed by atoms with van der Waals surface area (Å²) in [5, 5.41) is 2.58. The maximum Gasteiger partial charge on any atom is 0.492 e. The van der Waals surface area contributed by atoms with Crippen molar-refractivity contribution in [3.63, 3.8) is 0 Å². The molecule has 1 aliphatic rings. The summed E-state index contributed by atoms with van der Waals surface area (Å²) in [5.41, 5.74) is 3.47. The predicted molar refractivity (Wildman–Crippen MR) is 109 cm³/mol. The van der Waals surface area contributed by atoms with Crippen molar-refractivity contribution in [3.8, 4) is 0 Å². The highest BCUT2D eigenvalue weighted by Crippen LogP contribution is 2.39. The van der Waals surface area contributed by atoms with Crippen molar-refractivity contribution in [2.75, 3.05) is 12.3 Å². The van der Waals surface area contributed by atoms with Gasteiger partial charge in [-0.05, 0) is 66.1 Å². The van der Waals surface area contributed by atoms with E-state index in [0.29, 0.717) is 5.47 Å². The fourth-order valence-corrected chi connectivity index (χ4v) is 2.61. The third-order valence-corrected chi connectivity index (χ3v) is 4.82. The van der Waals surface area contributed by atoms with Crippen LogP contribution in [0.2, 0.25) is 0 Å². The van der Waals surface area contributed by atoms with Gasteiger partial charge in [-0.15, -0.1) is 0 Å². The Bertz CT molecular complexity index is 780. The van der Waals surface area contributed by atoms with Crippen LogP contribution in [0, 0.1) is 11.6 Å². The number of ether oxygens (including phenoxy) is 1. The molecule has 29 heavy (non-hydrogen) atoms. The van der Waals surface area contributed by atoms with E-state index in [0.717, 1.165) is 12.1 Å². The number of alkyl carbamates (subject to hydrolysis) is 1. The SMILES string of the molecule is CC(C)(C)OC(=O)NCC(=Cc1c(F)cc(N)cc1F)B1OC(C)(C)C(C)(C)O1. The number of carbonyl (C=O) groups excluding carboxylic acids is 1. The van der Waals surface area contributed by atoms with Crippen LogP contribution in [0.3, 0.4) is 0 Å². The number of nitrogens with two attached hydrogens (primary N) is 1.